The van der Waals surface area contributed by atoms with Crippen LogP contribution in [-0.4, -0.2) is 45.5 Å². The third-order valence-corrected chi connectivity index (χ3v) is 7.94. The highest BCUT2D eigenvalue weighted by Gasteiger charge is 2.27. The van der Waals surface area contributed by atoms with Crippen molar-refractivity contribution in [2.24, 2.45) is 0 Å². The highest BCUT2D eigenvalue weighted by Crippen LogP contribution is 2.38. The molecule has 2 aromatic rings. The summed E-state index contributed by atoms with van der Waals surface area (Å²) in [4.78, 5) is 25.3. The van der Waals surface area contributed by atoms with Gasteiger partial charge < -0.3 is 20.1 Å². The van der Waals surface area contributed by atoms with Crippen LogP contribution < -0.4 is 20.1 Å². The molecule has 0 saturated carbocycles. The average Bonchev–Trinajstić information content (AvgIpc) is 2.77. The highest BCUT2D eigenvalue weighted by molar-refractivity contribution is 8.01. The van der Waals surface area contributed by atoms with E-state index in [4.69, 9.17) is 9.47 Å². The van der Waals surface area contributed by atoms with Crippen LogP contribution >= 0.6 is 11.8 Å². The normalized spacial score (nSPS) is 15.6. The first-order chi connectivity index (χ1) is 14.8. The van der Waals surface area contributed by atoms with E-state index in [1.165, 1.54) is 38.1 Å². The van der Waals surface area contributed by atoms with Crippen LogP contribution in [0.5, 0.6) is 11.5 Å². The summed E-state index contributed by atoms with van der Waals surface area (Å²) in [6, 6.07) is 9.56. The summed E-state index contributed by atoms with van der Waals surface area (Å²) in [6.07, 6.45) is 0.456. The van der Waals surface area contributed by atoms with E-state index >= 15 is 0 Å². The predicted molar refractivity (Wildman–Crippen MR) is 120 cm³/mol. The molecule has 1 aliphatic rings. The lowest BCUT2D eigenvalue weighted by molar-refractivity contribution is -0.116. The Labute approximate surface area is 185 Å². The zero-order valence-electron chi connectivity index (χ0n) is 17.4. The van der Waals surface area contributed by atoms with Crippen LogP contribution in [0, 0.1) is 0 Å². The van der Waals surface area contributed by atoms with Crippen LogP contribution in [0.2, 0.25) is 0 Å². The van der Waals surface area contributed by atoms with Gasteiger partial charge in [0.25, 0.3) is 0 Å². The van der Waals surface area contributed by atoms with Gasteiger partial charge in [-0.25, -0.2) is 8.42 Å². The Kier molecular flexibility index (Phi) is 7.11. The fraction of sp³-hybridized carbons (Fsp3) is 0.333. The molecule has 1 unspecified atom stereocenters. The number of hydrogen-bond donors (Lipinski definition) is 2. The number of sulfone groups is 1. The number of thioether (sulfide) groups is 1. The van der Waals surface area contributed by atoms with Gasteiger partial charge in [0.15, 0.2) is 9.84 Å². The number of rotatable bonds is 8. The highest BCUT2D eigenvalue weighted by atomic mass is 32.2. The summed E-state index contributed by atoms with van der Waals surface area (Å²) in [5.74, 6) is 0.0145. The van der Waals surface area contributed by atoms with E-state index in [-0.39, 0.29) is 28.2 Å². The molecule has 2 amide bonds. The number of methoxy groups -OCH3 is 2. The Balaban J connectivity index is 1.67. The standard InChI is InChI=1S/C21H24N2O6S2/c1-4-18-21(25)23-16-12-14(6-8-19(16)30-18)31(26,27)10-9-20(24)22-15-7-5-13(28-2)11-17(15)29-3/h5-8,11-12,18H,4,9-10H2,1-3H3,(H,22,24)(H,23,25). The van der Waals surface area contributed by atoms with Gasteiger partial charge >= 0.3 is 0 Å². The number of anilines is 2. The molecule has 0 aliphatic carbocycles. The molecule has 1 atom stereocenters. The van der Waals surface area contributed by atoms with Crippen LogP contribution in [0.25, 0.3) is 0 Å². The number of amides is 2. The Morgan fingerprint density at radius 2 is 1.94 bits per heavy atom. The smallest absolute Gasteiger partial charge is 0.237 e. The molecule has 8 nitrogen and oxygen atoms in total. The number of ether oxygens (including phenoxy) is 2. The van der Waals surface area contributed by atoms with Gasteiger partial charge in [-0.2, -0.15) is 0 Å². The van der Waals surface area contributed by atoms with Gasteiger partial charge in [0, 0.05) is 17.4 Å². The first-order valence-corrected chi connectivity index (χ1v) is 12.2. The second kappa shape index (κ2) is 9.61. The van der Waals surface area contributed by atoms with Crippen molar-refractivity contribution in [1.29, 1.82) is 0 Å². The average molecular weight is 465 g/mol. The molecule has 0 spiro atoms. The third kappa shape index (κ3) is 5.31. The molecule has 1 aliphatic heterocycles. The molecule has 0 fully saturated rings. The number of carbonyl (C=O) groups is 2. The van der Waals surface area contributed by atoms with Crippen molar-refractivity contribution in [3.05, 3.63) is 36.4 Å². The van der Waals surface area contributed by atoms with Crippen LogP contribution in [0.15, 0.2) is 46.2 Å². The van der Waals surface area contributed by atoms with E-state index < -0.39 is 15.7 Å². The molecule has 1 heterocycles. The minimum absolute atomic E-state index is 0.0666. The lowest BCUT2D eigenvalue weighted by Gasteiger charge is -2.23. The first kappa shape index (κ1) is 23.0. The van der Waals surface area contributed by atoms with Gasteiger partial charge in [-0.05, 0) is 36.8 Å². The summed E-state index contributed by atoms with van der Waals surface area (Å²) in [5, 5.41) is 5.24. The summed E-state index contributed by atoms with van der Waals surface area (Å²) in [6.45, 7) is 1.92. The maximum atomic E-state index is 12.7. The molecule has 10 heteroatoms. The predicted octanol–water partition coefficient (Wildman–Crippen LogP) is 3.33. The van der Waals surface area contributed by atoms with Crippen LogP contribution in [0.4, 0.5) is 11.4 Å². The number of fused-ring (bicyclic) bond motifs is 1. The van der Waals surface area contributed by atoms with Crippen LogP contribution in [0.3, 0.4) is 0 Å². The number of carbonyl (C=O) groups excluding carboxylic acids is 2. The lowest BCUT2D eigenvalue weighted by atomic mass is 10.2. The van der Waals surface area contributed by atoms with Gasteiger partial charge in [0.05, 0.1) is 41.5 Å². The van der Waals surface area contributed by atoms with E-state index in [1.54, 1.807) is 24.3 Å². The van der Waals surface area contributed by atoms with Crippen molar-refractivity contribution in [2.45, 2.75) is 34.8 Å². The molecule has 2 N–H and O–H groups in total. The number of benzene rings is 2. The minimum atomic E-state index is -3.72. The van der Waals surface area contributed by atoms with Gasteiger partial charge in [0.2, 0.25) is 11.8 Å². The van der Waals surface area contributed by atoms with Gasteiger partial charge in [0.1, 0.15) is 11.5 Å². The van der Waals surface area contributed by atoms with Crippen molar-refractivity contribution in [3.63, 3.8) is 0 Å². The topological polar surface area (TPSA) is 111 Å². The monoisotopic (exact) mass is 464 g/mol. The van der Waals surface area contributed by atoms with E-state index in [0.717, 1.165) is 4.90 Å². The molecular formula is C21H24N2O6S2. The van der Waals surface area contributed by atoms with E-state index in [9.17, 15) is 18.0 Å². The third-order valence-electron chi connectivity index (χ3n) is 4.78. The maximum absolute atomic E-state index is 12.7. The molecule has 0 saturated heterocycles. The van der Waals surface area contributed by atoms with Gasteiger partial charge in [-0.1, -0.05) is 6.92 Å². The summed E-state index contributed by atoms with van der Waals surface area (Å²) >= 11 is 1.42. The van der Waals surface area contributed by atoms with Crippen molar-refractivity contribution in [2.75, 3.05) is 30.6 Å². The summed E-state index contributed by atoms with van der Waals surface area (Å²) < 4.78 is 35.8. The molecule has 3 rings (SSSR count). The van der Waals surface area contributed by atoms with E-state index in [1.807, 2.05) is 6.92 Å². The van der Waals surface area contributed by atoms with Crippen molar-refractivity contribution in [3.8, 4) is 11.5 Å². The lowest BCUT2D eigenvalue weighted by Crippen LogP contribution is -2.28. The minimum Gasteiger partial charge on any atom is -0.497 e. The SMILES string of the molecule is CCC1Sc2ccc(S(=O)(=O)CCC(=O)Nc3ccc(OC)cc3OC)cc2NC1=O. The van der Waals surface area contributed by atoms with Gasteiger partial charge in [-0.3, -0.25) is 9.59 Å². The quantitative estimate of drug-likeness (QED) is 0.616. The fourth-order valence-electron chi connectivity index (χ4n) is 3.05. The Morgan fingerprint density at radius 3 is 2.61 bits per heavy atom. The Morgan fingerprint density at radius 1 is 1.16 bits per heavy atom. The second-order valence-corrected chi connectivity index (χ2v) is 10.2. The van der Waals surface area contributed by atoms with E-state index in [0.29, 0.717) is 29.3 Å². The zero-order chi connectivity index (χ0) is 22.6. The molecular weight excluding hydrogens is 440 g/mol. The number of nitrogens with one attached hydrogen (secondary N) is 2. The number of hydrogen-bond acceptors (Lipinski definition) is 7. The Hall–Kier alpha value is -2.72. The van der Waals surface area contributed by atoms with Crippen LogP contribution in [-0.2, 0) is 19.4 Å². The molecule has 31 heavy (non-hydrogen) atoms. The molecule has 0 bridgehead atoms. The summed E-state index contributed by atoms with van der Waals surface area (Å²) in [5.41, 5.74) is 0.901. The van der Waals surface area contributed by atoms with E-state index in [2.05, 4.69) is 10.6 Å². The zero-order valence-corrected chi connectivity index (χ0v) is 19.1. The van der Waals surface area contributed by atoms with Crippen LogP contribution in [0.1, 0.15) is 19.8 Å². The first-order valence-electron chi connectivity index (χ1n) is 9.63. The Bertz CT molecular complexity index is 1100. The molecule has 2 aromatic carbocycles. The maximum Gasteiger partial charge on any atom is 0.237 e. The largest absolute Gasteiger partial charge is 0.497 e. The fourth-order valence-corrected chi connectivity index (χ4v) is 5.34. The van der Waals surface area contributed by atoms with Gasteiger partial charge in [-0.15, -0.1) is 11.8 Å². The van der Waals surface area contributed by atoms with Crippen molar-refractivity contribution < 1.29 is 27.5 Å². The van der Waals surface area contributed by atoms with Crippen molar-refractivity contribution >= 4 is 44.8 Å². The second-order valence-electron chi connectivity index (χ2n) is 6.85. The molecule has 0 radical (unpaired) electrons. The summed E-state index contributed by atoms with van der Waals surface area (Å²) in [7, 11) is -0.735. The molecule has 0 aromatic heterocycles. The van der Waals surface area contributed by atoms with Crippen molar-refractivity contribution in [1.82, 2.24) is 0 Å². The molecule has 166 valence electrons.